The lowest BCUT2D eigenvalue weighted by molar-refractivity contribution is 0.0988. The molecule has 1 aliphatic heterocycles. The lowest BCUT2D eigenvalue weighted by Gasteiger charge is -2.17. The van der Waals surface area contributed by atoms with Crippen LogP contribution in [0.2, 0.25) is 0 Å². The first kappa shape index (κ1) is 16.3. The van der Waals surface area contributed by atoms with E-state index >= 15 is 0 Å². The molecule has 1 amide bonds. The zero-order valence-corrected chi connectivity index (χ0v) is 15.9. The number of carbonyl (C=O) groups excluding carboxylic acids is 1. The molecule has 5 rings (SSSR count). The van der Waals surface area contributed by atoms with Crippen LogP contribution < -0.4 is 14.4 Å². The summed E-state index contributed by atoms with van der Waals surface area (Å²) in [6.45, 7) is 2.69. The first-order valence-corrected chi connectivity index (χ1v) is 9.70. The number of amides is 1. The number of ether oxygens (including phenoxy) is 2. The fourth-order valence-corrected chi connectivity index (χ4v) is 4.71. The molecule has 7 nitrogen and oxygen atoms in total. The molecule has 3 heterocycles. The molecule has 8 heteroatoms. The van der Waals surface area contributed by atoms with E-state index in [4.69, 9.17) is 14.5 Å². The summed E-state index contributed by atoms with van der Waals surface area (Å²) in [6.07, 6.45) is 3.74. The number of carbonyl (C=O) groups is 1. The number of anilines is 1. The van der Waals surface area contributed by atoms with Gasteiger partial charge in [0.1, 0.15) is 0 Å². The Morgan fingerprint density at radius 2 is 2.15 bits per heavy atom. The van der Waals surface area contributed by atoms with Gasteiger partial charge in [0.2, 0.25) is 6.79 Å². The molecule has 1 aromatic carbocycles. The predicted molar refractivity (Wildman–Crippen MR) is 102 cm³/mol. The number of fused-ring (bicyclic) bond motifs is 4. The van der Waals surface area contributed by atoms with Gasteiger partial charge in [-0.15, -0.1) is 11.3 Å². The Balaban J connectivity index is 1.50. The number of benzene rings is 1. The summed E-state index contributed by atoms with van der Waals surface area (Å²) in [5, 5.41) is 5.09. The molecule has 0 unspecified atom stereocenters. The summed E-state index contributed by atoms with van der Waals surface area (Å²) in [7, 11) is 1.96. The summed E-state index contributed by atoms with van der Waals surface area (Å²) < 4.78 is 12.6. The van der Waals surface area contributed by atoms with Crippen molar-refractivity contribution in [1.29, 1.82) is 0 Å². The molecule has 27 heavy (non-hydrogen) atoms. The van der Waals surface area contributed by atoms with Crippen molar-refractivity contribution in [3.05, 3.63) is 40.5 Å². The third kappa shape index (κ3) is 2.51. The molecule has 138 valence electrons. The van der Waals surface area contributed by atoms with Gasteiger partial charge in [-0.25, -0.2) is 4.98 Å². The zero-order chi connectivity index (χ0) is 18.5. The van der Waals surface area contributed by atoms with Crippen LogP contribution in [0.15, 0.2) is 24.4 Å². The summed E-state index contributed by atoms with van der Waals surface area (Å²) in [5.74, 6) is 1.19. The second kappa shape index (κ2) is 6.09. The molecule has 0 radical (unpaired) electrons. The molecule has 2 aliphatic rings. The molecule has 0 bridgehead atoms. The zero-order valence-electron chi connectivity index (χ0n) is 15.1. The summed E-state index contributed by atoms with van der Waals surface area (Å²) in [6, 6.07) is 5.28. The molecule has 0 N–H and O–H groups in total. The molecule has 2 aromatic heterocycles. The number of hydrogen-bond acceptors (Lipinski definition) is 6. The van der Waals surface area contributed by atoms with Gasteiger partial charge in [-0.2, -0.15) is 5.10 Å². The molecular formula is C19H18N4O3S. The van der Waals surface area contributed by atoms with Crippen LogP contribution >= 0.6 is 11.3 Å². The minimum atomic E-state index is -0.0895. The van der Waals surface area contributed by atoms with Crippen LogP contribution in [0.1, 0.15) is 27.9 Å². The van der Waals surface area contributed by atoms with Crippen molar-refractivity contribution < 1.29 is 14.3 Å². The van der Waals surface area contributed by atoms with Crippen LogP contribution in [-0.4, -0.2) is 34.0 Å². The maximum Gasteiger partial charge on any atom is 0.260 e. The molecule has 0 saturated heterocycles. The van der Waals surface area contributed by atoms with Crippen molar-refractivity contribution in [2.24, 2.45) is 7.05 Å². The highest BCUT2D eigenvalue weighted by Crippen LogP contribution is 2.40. The van der Waals surface area contributed by atoms with Gasteiger partial charge in [0, 0.05) is 35.3 Å². The van der Waals surface area contributed by atoms with Crippen molar-refractivity contribution >= 4 is 22.4 Å². The van der Waals surface area contributed by atoms with Crippen LogP contribution in [0.4, 0.5) is 5.13 Å². The van der Waals surface area contributed by atoms with Crippen LogP contribution in [0, 0.1) is 0 Å². The second-order valence-electron chi connectivity index (χ2n) is 6.51. The van der Waals surface area contributed by atoms with E-state index in [9.17, 15) is 4.79 Å². The van der Waals surface area contributed by atoms with Crippen LogP contribution in [-0.2, 0) is 19.9 Å². The third-order valence-corrected chi connectivity index (χ3v) is 6.14. The maximum atomic E-state index is 13.1. The fraction of sp³-hybridized carbons (Fsp3) is 0.316. The lowest BCUT2D eigenvalue weighted by Crippen LogP contribution is -2.30. The molecule has 1 aliphatic carbocycles. The summed E-state index contributed by atoms with van der Waals surface area (Å²) in [5.41, 5.74) is 3.80. The first-order chi connectivity index (χ1) is 13.2. The standard InChI is InChI=1S/C19H18N4O3S/c1-3-23(18(24)11-4-6-14-15(8-11)26-10-25-14)19-21-17-12-9-20-22(2)13(12)5-7-16(17)27-19/h4,6,8-9H,3,5,7,10H2,1-2H3. The average Bonchev–Trinajstić information content (AvgIpc) is 3.39. The van der Waals surface area contributed by atoms with E-state index in [1.165, 1.54) is 10.6 Å². The maximum absolute atomic E-state index is 13.1. The predicted octanol–water partition coefficient (Wildman–Crippen LogP) is 3.04. The monoisotopic (exact) mass is 382 g/mol. The van der Waals surface area contributed by atoms with E-state index in [0.717, 1.165) is 29.2 Å². The second-order valence-corrected chi connectivity index (χ2v) is 7.58. The Morgan fingerprint density at radius 3 is 3.00 bits per heavy atom. The summed E-state index contributed by atoms with van der Waals surface area (Å²) >= 11 is 1.59. The van der Waals surface area contributed by atoms with Crippen molar-refractivity contribution in [3.8, 4) is 22.8 Å². The Hall–Kier alpha value is -2.87. The number of hydrogen-bond donors (Lipinski definition) is 0. The van der Waals surface area contributed by atoms with E-state index in [0.29, 0.717) is 23.6 Å². The van der Waals surface area contributed by atoms with E-state index in [1.54, 1.807) is 34.4 Å². The van der Waals surface area contributed by atoms with Gasteiger partial charge in [-0.3, -0.25) is 14.4 Å². The number of aromatic nitrogens is 3. The van der Waals surface area contributed by atoms with E-state index in [-0.39, 0.29) is 12.7 Å². The SMILES string of the molecule is CCN(C(=O)c1ccc2c(c1)OCO2)c1nc2c(s1)CCc1c-2cnn1C. The van der Waals surface area contributed by atoms with Gasteiger partial charge in [-0.05, 0) is 38.0 Å². The highest BCUT2D eigenvalue weighted by atomic mass is 32.1. The van der Waals surface area contributed by atoms with Gasteiger partial charge < -0.3 is 9.47 Å². The molecular weight excluding hydrogens is 364 g/mol. The Labute approximate surface area is 160 Å². The van der Waals surface area contributed by atoms with Gasteiger partial charge in [0.15, 0.2) is 16.6 Å². The lowest BCUT2D eigenvalue weighted by atomic mass is 10.0. The van der Waals surface area contributed by atoms with Crippen molar-refractivity contribution in [2.75, 3.05) is 18.2 Å². The highest BCUT2D eigenvalue weighted by Gasteiger charge is 2.28. The van der Waals surface area contributed by atoms with E-state index < -0.39 is 0 Å². The molecule has 0 atom stereocenters. The average molecular weight is 382 g/mol. The molecule has 0 spiro atoms. The third-order valence-electron chi connectivity index (χ3n) is 5.00. The highest BCUT2D eigenvalue weighted by molar-refractivity contribution is 7.16. The van der Waals surface area contributed by atoms with Gasteiger partial charge in [-0.1, -0.05) is 0 Å². The Bertz CT molecular complexity index is 1060. The van der Waals surface area contributed by atoms with Gasteiger partial charge in [0.05, 0.1) is 11.9 Å². The smallest absolute Gasteiger partial charge is 0.260 e. The fourth-order valence-electron chi connectivity index (χ4n) is 3.57. The number of thiazole rings is 1. The normalized spacial score (nSPS) is 14.0. The van der Waals surface area contributed by atoms with E-state index in [1.807, 2.05) is 24.9 Å². The largest absolute Gasteiger partial charge is 0.454 e. The number of rotatable bonds is 3. The van der Waals surface area contributed by atoms with Gasteiger partial charge in [0.25, 0.3) is 5.91 Å². The van der Waals surface area contributed by atoms with Crippen LogP contribution in [0.5, 0.6) is 11.5 Å². The number of aryl methyl sites for hydroxylation is 2. The van der Waals surface area contributed by atoms with Crippen molar-refractivity contribution in [2.45, 2.75) is 19.8 Å². The van der Waals surface area contributed by atoms with E-state index in [2.05, 4.69) is 5.10 Å². The summed E-state index contributed by atoms with van der Waals surface area (Å²) in [4.78, 5) is 20.9. The van der Waals surface area contributed by atoms with Crippen LogP contribution in [0.3, 0.4) is 0 Å². The Kier molecular flexibility index (Phi) is 3.68. The minimum Gasteiger partial charge on any atom is -0.454 e. The molecule has 0 saturated carbocycles. The minimum absolute atomic E-state index is 0.0895. The van der Waals surface area contributed by atoms with Gasteiger partial charge >= 0.3 is 0 Å². The molecule has 3 aromatic rings. The first-order valence-electron chi connectivity index (χ1n) is 8.88. The number of nitrogens with zero attached hydrogens (tertiary/aromatic N) is 4. The molecule has 0 fully saturated rings. The van der Waals surface area contributed by atoms with Crippen molar-refractivity contribution in [3.63, 3.8) is 0 Å². The topological polar surface area (TPSA) is 69.5 Å². The van der Waals surface area contributed by atoms with Crippen LogP contribution in [0.25, 0.3) is 11.3 Å². The quantitative estimate of drug-likeness (QED) is 0.696. The Morgan fingerprint density at radius 1 is 1.30 bits per heavy atom. The van der Waals surface area contributed by atoms with Crippen molar-refractivity contribution in [1.82, 2.24) is 14.8 Å².